The van der Waals surface area contributed by atoms with Crippen molar-refractivity contribution in [1.29, 1.82) is 0 Å². The molecule has 0 aliphatic rings. The van der Waals surface area contributed by atoms with Gasteiger partial charge in [-0.1, -0.05) is 19.3 Å². The van der Waals surface area contributed by atoms with Crippen LogP contribution in [0.5, 0.6) is 0 Å². The first-order chi connectivity index (χ1) is 7.45. The molecule has 1 atom stereocenters. The van der Waals surface area contributed by atoms with Crippen LogP contribution in [-0.4, -0.2) is 18.0 Å². The Bertz CT molecular complexity index is 253. The number of nitrogens with one attached hydrogen (secondary N) is 1. The fourth-order valence-corrected chi connectivity index (χ4v) is 1.57. The van der Waals surface area contributed by atoms with Crippen LogP contribution in [0.15, 0.2) is 0 Å². The molecule has 0 aromatic heterocycles. The van der Waals surface area contributed by atoms with Crippen LogP contribution in [0.1, 0.15) is 46.5 Å². The second-order valence-corrected chi connectivity index (χ2v) is 4.71. The highest BCUT2D eigenvalue weighted by Gasteiger charge is 2.17. The van der Waals surface area contributed by atoms with Crippen molar-refractivity contribution < 1.29 is 4.79 Å². The predicted octanol–water partition coefficient (Wildman–Crippen LogP) is 1.67. The zero-order valence-corrected chi connectivity index (χ0v) is 10.7. The lowest BCUT2D eigenvalue weighted by Gasteiger charge is -2.20. The number of carbonyl (C=O) groups is 1. The molecule has 0 heterocycles. The van der Waals surface area contributed by atoms with Gasteiger partial charge in [-0.15, -0.1) is 6.42 Å². The molecule has 3 heteroatoms. The molecule has 1 amide bonds. The molecule has 0 aliphatic heterocycles. The van der Waals surface area contributed by atoms with E-state index in [-0.39, 0.29) is 5.91 Å². The van der Waals surface area contributed by atoms with E-state index >= 15 is 0 Å². The van der Waals surface area contributed by atoms with Gasteiger partial charge in [-0.3, -0.25) is 4.79 Å². The lowest BCUT2D eigenvalue weighted by Crippen LogP contribution is -2.42. The SMILES string of the molecule is C#CC(C)(C)NC(=O)CCC(CC)CCN. The first-order valence-corrected chi connectivity index (χ1v) is 5.94. The van der Waals surface area contributed by atoms with Crippen LogP contribution in [0.3, 0.4) is 0 Å². The van der Waals surface area contributed by atoms with Gasteiger partial charge in [0, 0.05) is 6.42 Å². The molecular weight excluding hydrogens is 200 g/mol. The third-order valence-corrected chi connectivity index (χ3v) is 2.74. The predicted molar refractivity (Wildman–Crippen MR) is 67.7 cm³/mol. The highest BCUT2D eigenvalue weighted by molar-refractivity contribution is 5.77. The second kappa shape index (κ2) is 7.29. The molecule has 0 saturated carbocycles. The van der Waals surface area contributed by atoms with Gasteiger partial charge in [0.25, 0.3) is 0 Å². The molecule has 0 spiro atoms. The summed E-state index contributed by atoms with van der Waals surface area (Å²) in [6, 6.07) is 0. The summed E-state index contributed by atoms with van der Waals surface area (Å²) in [7, 11) is 0. The van der Waals surface area contributed by atoms with E-state index in [0.717, 1.165) is 19.3 Å². The Labute approximate surface area is 99.2 Å². The van der Waals surface area contributed by atoms with Gasteiger partial charge in [0.2, 0.25) is 5.91 Å². The van der Waals surface area contributed by atoms with E-state index in [9.17, 15) is 4.79 Å². The Balaban J connectivity index is 3.94. The monoisotopic (exact) mass is 224 g/mol. The van der Waals surface area contributed by atoms with Gasteiger partial charge in [0.1, 0.15) is 0 Å². The van der Waals surface area contributed by atoms with Crippen LogP contribution in [0.2, 0.25) is 0 Å². The van der Waals surface area contributed by atoms with Crippen LogP contribution >= 0.6 is 0 Å². The van der Waals surface area contributed by atoms with Crippen molar-refractivity contribution in [3.63, 3.8) is 0 Å². The van der Waals surface area contributed by atoms with E-state index < -0.39 is 5.54 Å². The summed E-state index contributed by atoms with van der Waals surface area (Å²) in [5.41, 5.74) is 4.96. The maximum atomic E-state index is 11.6. The molecular formula is C13H24N2O. The van der Waals surface area contributed by atoms with Crippen LogP contribution in [0.4, 0.5) is 0 Å². The Morgan fingerprint density at radius 2 is 2.12 bits per heavy atom. The normalized spacial score (nSPS) is 12.9. The summed E-state index contributed by atoms with van der Waals surface area (Å²) in [6.45, 7) is 6.46. The van der Waals surface area contributed by atoms with Crippen molar-refractivity contribution in [2.75, 3.05) is 6.54 Å². The van der Waals surface area contributed by atoms with E-state index in [0.29, 0.717) is 18.9 Å². The summed E-state index contributed by atoms with van der Waals surface area (Å²) in [4.78, 5) is 11.6. The van der Waals surface area contributed by atoms with E-state index in [2.05, 4.69) is 18.2 Å². The van der Waals surface area contributed by atoms with Crippen molar-refractivity contribution in [3.05, 3.63) is 0 Å². The van der Waals surface area contributed by atoms with Gasteiger partial charge in [0.05, 0.1) is 5.54 Å². The minimum absolute atomic E-state index is 0.0263. The topological polar surface area (TPSA) is 55.1 Å². The van der Waals surface area contributed by atoms with E-state index in [1.165, 1.54) is 0 Å². The number of amides is 1. The van der Waals surface area contributed by atoms with Gasteiger partial charge in [-0.05, 0) is 39.2 Å². The minimum atomic E-state index is -0.549. The van der Waals surface area contributed by atoms with E-state index in [1.54, 1.807) is 0 Å². The fraction of sp³-hybridized carbons (Fsp3) is 0.769. The number of hydrogen-bond acceptors (Lipinski definition) is 2. The highest BCUT2D eigenvalue weighted by atomic mass is 16.1. The van der Waals surface area contributed by atoms with Gasteiger partial charge >= 0.3 is 0 Å². The van der Waals surface area contributed by atoms with Crippen molar-refractivity contribution >= 4 is 5.91 Å². The molecule has 1 unspecified atom stereocenters. The third-order valence-electron chi connectivity index (χ3n) is 2.74. The minimum Gasteiger partial charge on any atom is -0.340 e. The maximum Gasteiger partial charge on any atom is 0.221 e. The molecule has 0 fully saturated rings. The van der Waals surface area contributed by atoms with Crippen LogP contribution in [-0.2, 0) is 4.79 Å². The zero-order valence-electron chi connectivity index (χ0n) is 10.7. The summed E-state index contributed by atoms with van der Waals surface area (Å²) >= 11 is 0. The quantitative estimate of drug-likeness (QED) is 0.646. The largest absolute Gasteiger partial charge is 0.340 e. The first-order valence-electron chi connectivity index (χ1n) is 5.94. The van der Waals surface area contributed by atoms with Crippen LogP contribution in [0, 0.1) is 18.3 Å². The Hall–Kier alpha value is -1.01. The molecule has 3 N–H and O–H groups in total. The van der Waals surface area contributed by atoms with Crippen molar-refractivity contribution in [1.82, 2.24) is 5.32 Å². The first kappa shape index (κ1) is 15.0. The third kappa shape index (κ3) is 6.47. The highest BCUT2D eigenvalue weighted by Crippen LogP contribution is 2.14. The number of terminal acetylenes is 1. The molecule has 0 rings (SSSR count). The number of hydrogen-bond donors (Lipinski definition) is 2. The molecule has 0 aromatic rings. The molecule has 0 radical (unpaired) electrons. The Morgan fingerprint density at radius 3 is 2.56 bits per heavy atom. The zero-order chi connectivity index (χ0) is 12.6. The maximum absolute atomic E-state index is 11.6. The Kier molecular flexibility index (Phi) is 6.83. The number of carbonyl (C=O) groups excluding carboxylic acids is 1. The average Bonchev–Trinajstić information content (AvgIpc) is 2.23. The summed E-state index contributed by atoms with van der Waals surface area (Å²) in [5.74, 6) is 3.12. The fourth-order valence-electron chi connectivity index (χ4n) is 1.57. The molecule has 0 aliphatic carbocycles. The smallest absolute Gasteiger partial charge is 0.221 e. The van der Waals surface area contributed by atoms with Crippen molar-refractivity contribution in [3.8, 4) is 12.3 Å². The lowest BCUT2D eigenvalue weighted by molar-refractivity contribution is -0.122. The Morgan fingerprint density at radius 1 is 1.50 bits per heavy atom. The molecule has 92 valence electrons. The van der Waals surface area contributed by atoms with Crippen LogP contribution in [0.25, 0.3) is 0 Å². The average molecular weight is 224 g/mol. The van der Waals surface area contributed by atoms with E-state index in [1.807, 2.05) is 13.8 Å². The van der Waals surface area contributed by atoms with Crippen molar-refractivity contribution in [2.45, 2.75) is 52.0 Å². The van der Waals surface area contributed by atoms with Crippen LogP contribution < -0.4 is 11.1 Å². The second-order valence-electron chi connectivity index (χ2n) is 4.71. The van der Waals surface area contributed by atoms with Gasteiger partial charge in [-0.2, -0.15) is 0 Å². The number of rotatable bonds is 7. The molecule has 0 bridgehead atoms. The standard InChI is InChI=1S/C13H24N2O/c1-5-11(9-10-14)7-8-12(16)15-13(3,4)6-2/h2,11H,5,7-10,14H2,1,3-4H3,(H,15,16). The lowest BCUT2D eigenvalue weighted by atomic mass is 9.96. The summed E-state index contributed by atoms with van der Waals surface area (Å²) in [5, 5.41) is 2.82. The number of nitrogens with two attached hydrogens (primary N) is 1. The summed E-state index contributed by atoms with van der Waals surface area (Å²) in [6.07, 6.45) is 8.78. The summed E-state index contributed by atoms with van der Waals surface area (Å²) < 4.78 is 0. The molecule has 0 aromatic carbocycles. The van der Waals surface area contributed by atoms with Crippen molar-refractivity contribution in [2.24, 2.45) is 11.7 Å². The molecule has 0 saturated heterocycles. The van der Waals surface area contributed by atoms with E-state index in [4.69, 9.17) is 12.2 Å². The van der Waals surface area contributed by atoms with Gasteiger partial charge in [0.15, 0.2) is 0 Å². The molecule has 3 nitrogen and oxygen atoms in total. The van der Waals surface area contributed by atoms with Gasteiger partial charge < -0.3 is 11.1 Å². The van der Waals surface area contributed by atoms with Gasteiger partial charge in [-0.25, -0.2) is 0 Å². The molecule has 16 heavy (non-hydrogen) atoms.